The summed E-state index contributed by atoms with van der Waals surface area (Å²) in [7, 11) is 1.72. The van der Waals surface area contributed by atoms with E-state index in [1.807, 2.05) is 36.4 Å². The van der Waals surface area contributed by atoms with E-state index in [9.17, 15) is 18.0 Å². The molecular formula is C24H24N2O7S. The first-order valence-corrected chi connectivity index (χ1v) is 11.8. The van der Waals surface area contributed by atoms with Crippen LogP contribution in [0.25, 0.3) is 10.8 Å². The number of rotatable bonds is 7. The Balaban J connectivity index is 1.52. The molecule has 34 heavy (non-hydrogen) atoms. The Hall–Kier alpha value is -3.79. The Bertz CT molecular complexity index is 1400. The van der Waals surface area contributed by atoms with Gasteiger partial charge in [-0.2, -0.15) is 0 Å². The van der Waals surface area contributed by atoms with Crippen LogP contribution in [-0.2, 0) is 21.4 Å². The number of carbonyl (C=O) groups is 2. The number of benzene rings is 3. The fourth-order valence-corrected chi connectivity index (χ4v) is 5.38. The average molecular weight is 485 g/mol. The largest absolute Gasteiger partial charge is 0.497 e. The van der Waals surface area contributed by atoms with Crippen LogP contribution in [0, 0.1) is 0 Å². The molecular weight excluding hydrogens is 460 g/mol. The molecule has 0 fully saturated rings. The van der Waals surface area contributed by atoms with Gasteiger partial charge in [-0.15, -0.1) is 0 Å². The molecule has 0 spiro atoms. The fraction of sp³-hybridized carbons (Fsp3) is 0.250. The van der Waals surface area contributed by atoms with Crippen molar-refractivity contribution >= 4 is 32.6 Å². The normalized spacial score (nSPS) is 14.1. The van der Waals surface area contributed by atoms with Crippen LogP contribution in [-0.4, -0.2) is 64.4 Å². The summed E-state index contributed by atoms with van der Waals surface area (Å²) < 4.78 is 42.2. The second-order valence-corrected chi connectivity index (χ2v) is 9.65. The van der Waals surface area contributed by atoms with Crippen molar-refractivity contribution in [3.8, 4) is 17.2 Å². The summed E-state index contributed by atoms with van der Waals surface area (Å²) in [6.07, 6.45) is 0. The van der Waals surface area contributed by atoms with Crippen molar-refractivity contribution in [2.75, 3.05) is 34.9 Å². The predicted molar refractivity (Wildman–Crippen MR) is 125 cm³/mol. The Morgan fingerprint density at radius 1 is 0.912 bits per heavy atom. The van der Waals surface area contributed by atoms with E-state index in [1.54, 1.807) is 14.2 Å². The molecule has 1 aliphatic heterocycles. The summed E-state index contributed by atoms with van der Waals surface area (Å²) in [6.45, 7) is -0.362. The summed E-state index contributed by atoms with van der Waals surface area (Å²) >= 11 is 0. The van der Waals surface area contributed by atoms with E-state index in [4.69, 9.17) is 14.2 Å². The van der Waals surface area contributed by atoms with E-state index in [1.165, 1.54) is 31.3 Å². The van der Waals surface area contributed by atoms with Gasteiger partial charge in [-0.05, 0) is 40.6 Å². The first-order chi connectivity index (χ1) is 16.2. The number of likely N-dealkylation sites (N-methyl/N-ethyl adjacent to an activating group) is 1. The van der Waals surface area contributed by atoms with Gasteiger partial charge >= 0.3 is 0 Å². The smallest absolute Gasteiger partial charge is 0.269 e. The van der Waals surface area contributed by atoms with Crippen LogP contribution in [0.5, 0.6) is 17.2 Å². The van der Waals surface area contributed by atoms with Crippen LogP contribution in [0.1, 0.15) is 15.9 Å². The molecule has 0 saturated carbocycles. The van der Waals surface area contributed by atoms with Crippen molar-refractivity contribution < 1.29 is 32.2 Å². The van der Waals surface area contributed by atoms with Gasteiger partial charge in [0.1, 0.15) is 17.2 Å². The van der Waals surface area contributed by atoms with Gasteiger partial charge in [-0.25, -0.2) is 12.7 Å². The Morgan fingerprint density at radius 2 is 1.56 bits per heavy atom. The van der Waals surface area contributed by atoms with Gasteiger partial charge in [0.2, 0.25) is 5.91 Å². The van der Waals surface area contributed by atoms with Crippen LogP contribution in [0.3, 0.4) is 0 Å². The molecule has 3 aromatic carbocycles. The third kappa shape index (κ3) is 4.01. The van der Waals surface area contributed by atoms with Crippen molar-refractivity contribution in [2.24, 2.45) is 0 Å². The number of hydrogen-bond acceptors (Lipinski definition) is 7. The molecule has 0 atom stereocenters. The van der Waals surface area contributed by atoms with Gasteiger partial charge in [0.15, 0.2) is 11.5 Å². The molecule has 3 aromatic rings. The minimum absolute atomic E-state index is 0.0574. The highest BCUT2D eigenvalue weighted by Crippen LogP contribution is 2.38. The van der Waals surface area contributed by atoms with Crippen LogP contribution >= 0.6 is 0 Å². The molecule has 9 nitrogen and oxygen atoms in total. The number of hydrogen-bond donors (Lipinski definition) is 0. The summed E-state index contributed by atoms with van der Waals surface area (Å²) in [5.74, 6) is -0.142. The maximum Gasteiger partial charge on any atom is 0.269 e. The molecule has 4 rings (SSSR count). The zero-order chi connectivity index (χ0) is 24.6. The molecule has 0 N–H and O–H groups in total. The lowest BCUT2D eigenvalue weighted by Crippen LogP contribution is -2.40. The van der Waals surface area contributed by atoms with Gasteiger partial charge in [-0.1, -0.05) is 18.2 Å². The molecule has 0 aliphatic carbocycles. The molecule has 10 heteroatoms. The first kappa shape index (κ1) is 23.4. The van der Waals surface area contributed by atoms with Crippen LogP contribution < -0.4 is 14.2 Å². The van der Waals surface area contributed by atoms with Crippen molar-refractivity contribution in [3.05, 3.63) is 59.7 Å². The van der Waals surface area contributed by atoms with Gasteiger partial charge in [0, 0.05) is 19.7 Å². The number of carbonyl (C=O) groups excluding carboxylic acids is 2. The number of methoxy groups -OCH3 is 3. The van der Waals surface area contributed by atoms with Crippen LogP contribution in [0.4, 0.5) is 0 Å². The molecule has 0 unspecified atom stereocenters. The van der Waals surface area contributed by atoms with Gasteiger partial charge in [-0.3, -0.25) is 9.59 Å². The van der Waals surface area contributed by atoms with Gasteiger partial charge in [0.05, 0.1) is 26.9 Å². The Labute approximate surface area is 197 Å². The highest BCUT2D eigenvalue weighted by molar-refractivity contribution is 7.90. The quantitative estimate of drug-likeness (QED) is 0.508. The topological polar surface area (TPSA) is 102 Å². The van der Waals surface area contributed by atoms with E-state index < -0.39 is 28.4 Å². The summed E-state index contributed by atoms with van der Waals surface area (Å²) in [5, 5.41) is 1.98. The monoisotopic (exact) mass is 484 g/mol. The number of amides is 2. The van der Waals surface area contributed by atoms with Crippen LogP contribution in [0.2, 0.25) is 0 Å². The van der Waals surface area contributed by atoms with E-state index in [0.717, 1.165) is 22.1 Å². The highest BCUT2D eigenvalue weighted by Gasteiger charge is 2.43. The maximum absolute atomic E-state index is 13.0. The molecule has 0 saturated heterocycles. The van der Waals surface area contributed by atoms with Crippen molar-refractivity contribution in [3.63, 3.8) is 0 Å². The molecule has 2 amide bonds. The zero-order valence-corrected chi connectivity index (χ0v) is 20.0. The Morgan fingerprint density at radius 3 is 2.24 bits per heavy atom. The number of sulfonamides is 1. The van der Waals surface area contributed by atoms with Crippen molar-refractivity contribution in [1.29, 1.82) is 0 Å². The number of fused-ring (bicyclic) bond motifs is 2. The predicted octanol–water partition coefficient (Wildman–Crippen LogP) is 2.67. The van der Waals surface area contributed by atoms with E-state index in [-0.39, 0.29) is 28.5 Å². The van der Waals surface area contributed by atoms with Gasteiger partial charge in [0.25, 0.3) is 15.9 Å². The lowest BCUT2D eigenvalue weighted by atomic mass is 10.1. The fourth-order valence-electron chi connectivity index (χ4n) is 3.86. The second-order valence-electron chi connectivity index (χ2n) is 7.82. The molecule has 178 valence electrons. The zero-order valence-electron chi connectivity index (χ0n) is 19.2. The summed E-state index contributed by atoms with van der Waals surface area (Å²) in [6, 6.07) is 14.0. The number of nitrogens with zero attached hydrogens (tertiary/aromatic N) is 2. The number of ether oxygens (including phenoxy) is 3. The Kier molecular flexibility index (Phi) is 6.09. The van der Waals surface area contributed by atoms with E-state index >= 15 is 0 Å². The van der Waals surface area contributed by atoms with Crippen molar-refractivity contribution in [1.82, 2.24) is 9.21 Å². The average Bonchev–Trinajstić information content (AvgIpc) is 3.02. The van der Waals surface area contributed by atoms with E-state index in [0.29, 0.717) is 4.31 Å². The SMILES string of the molecule is COc1ccc2cc(CN(C)C(=O)CN3C(=O)c4cc(OC)c(OC)cc4S3(=O)=O)ccc2c1. The molecule has 0 radical (unpaired) electrons. The summed E-state index contributed by atoms with van der Waals surface area (Å²) in [5.41, 5.74) is 0.806. The summed E-state index contributed by atoms with van der Waals surface area (Å²) in [4.78, 5) is 26.9. The molecule has 0 aromatic heterocycles. The third-order valence-electron chi connectivity index (χ3n) is 5.75. The lowest BCUT2D eigenvalue weighted by Gasteiger charge is -2.21. The highest BCUT2D eigenvalue weighted by atomic mass is 32.2. The third-order valence-corrected chi connectivity index (χ3v) is 7.52. The van der Waals surface area contributed by atoms with Gasteiger partial charge < -0.3 is 19.1 Å². The van der Waals surface area contributed by atoms with Crippen LogP contribution in [0.15, 0.2) is 53.4 Å². The van der Waals surface area contributed by atoms with E-state index in [2.05, 4.69) is 0 Å². The standard InChI is InChI=1S/C24H24N2O7S/c1-25(13-15-5-6-17-10-18(31-2)8-7-16(17)9-15)23(27)14-26-24(28)19-11-20(32-3)21(33-4)12-22(19)34(26,29)30/h5-12H,13-14H2,1-4H3. The first-order valence-electron chi connectivity index (χ1n) is 10.3. The lowest BCUT2D eigenvalue weighted by molar-refractivity contribution is -0.130. The van der Waals surface area contributed by atoms with Crippen molar-refractivity contribution in [2.45, 2.75) is 11.4 Å². The maximum atomic E-state index is 13.0. The molecule has 0 bridgehead atoms. The second kappa shape index (κ2) is 8.86. The minimum Gasteiger partial charge on any atom is -0.497 e. The molecule has 1 aliphatic rings. The minimum atomic E-state index is -4.20. The molecule has 1 heterocycles.